The molecule has 2 heterocycles. The summed E-state index contributed by atoms with van der Waals surface area (Å²) in [7, 11) is 0. The zero-order valence-electron chi connectivity index (χ0n) is 16.6. The van der Waals surface area contributed by atoms with Crippen LogP contribution in [0.25, 0.3) is 0 Å². The van der Waals surface area contributed by atoms with Gasteiger partial charge in [0.15, 0.2) is 0 Å². The highest BCUT2D eigenvalue weighted by Gasteiger charge is 2.34. The van der Waals surface area contributed by atoms with Gasteiger partial charge in [-0.05, 0) is 42.7 Å². The second-order valence-electron chi connectivity index (χ2n) is 7.49. The maximum Gasteiger partial charge on any atom is 0.255 e. The zero-order valence-corrected chi connectivity index (χ0v) is 16.6. The van der Waals surface area contributed by atoms with Gasteiger partial charge in [0.25, 0.3) is 5.91 Å². The van der Waals surface area contributed by atoms with E-state index >= 15 is 0 Å². The normalized spacial score (nSPS) is 13.9. The zero-order chi connectivity index (χ0) is 20.4. The summed E-state index contributed by atoms with van der Waals surface area (Å²) in [5.41, 5.74) is 4.82. The summed E-state index contributed by atoms with van der Waals surface area (Å²) >= 11 is 0. The Morgan fingerprint density at radius 3 is 2.45 bits per heavy atom. The first-order chi connectivity index (χ1) is 14.0. The lowest BCUT2D eigenvalue weighted by Crippen LogP contribution is -2.32. The molecule has 0 aliphatic carbocycles. The Bertz CT molecular complexity index is 1040. The maximum atomic E-state index is 13.0. The SMILES string of the molecule is Cc1ccc([C@H](CC(=O)Nc2ccc(C)cn2)N2Cc3ccccc3C2=O)cc1. The van der Waals surface area contributed by atoms with Crippen LogP contribution in [0, 0.1) is 13.8 Å². The van der Waals surface area contributed by atoms with Crippen LogP contribution in [0.1, 0.15) is 45.1 Å². The number of rotatable bonds is 5. The summed E-state index contributed by atoms with van der Waals surface area (Å²) in [5.74, 6) is 0.308. The van der Waals surface area contributed by atoms with E-state index in [2.05, 4.69) is 10.3 Å². The predicted molar refractivity (Wildman–Crippen MR) is 112 cm³/mol. The van der Waals surface area contributed by atoms with Gasteiger partial charge in [0.1, 0.15) is 5.82 Å². The van der Waals surface area contributed by atoms with Gasteiger partial charge in [-0.2, -0.15) is 0 Å². The minimum Gasteiger partial charge on any atom is -0.327 e. The van der Waals surface area contributed by atoms with Gasteiger partial charge in [0.2, 0.25) is 5.91 Å². The van der Waals surface area contributed by atoms with Crippen molar-refractivity contribution in [2.75, 3.05) is 5.32 Å². The summed E-state index contributed by atoms with van der Waals surface area (Å²) in [6.07, 6.45) is 1.88. The van der Waals surface area contributed by atoms with Crippen LogP contribution in [-0.4, -0.2) is 21.7 Å². The van der Waals surface area contributed by atoms with Crippen LogP contribution in [0.15, 0.2) is 66.9 Å². The molecule has 3 aromatic rings. The van der Waals surface area contributed by atoms with E-state index in [-0.39, 0.29) is 24.3 Å². The molecule has 0 fully saturated rings. The molecule has 5 nitrogen and oxygen atoms in total. The third-order valence-electron chi connectivity index (χ3n) is 5.25. The van der Waals surface area contributed by atoms with Crippen molar-refractivity contribution in [1.29, 1.82) is 0 Å². The lowest BCUT2D eigenvalue weighted by atomic mass is 10.00. The Labute approximate surface area is 170 Å². The van der Waals surface area contributed by atoms with Crippen LogP contribution >= 0.6 is 0 Å². The number of carbonyl (C=O) groups is 2. The van der Waals surface area contributed by atoms with Crippen LogP contribution < -0.4 is 5.32 Å². The van der Waals surface area contributed by atoms with Crippen molar-refractivity contribution in [2.24, 2.45) is 0 Å². The van der Waals surface area contributed by atoms with E-state index in [0.717, 1.165) is 22.3 Å². The number of amides is 2. The number of nitrogens with zero attached hydrogens (tertiary/aromatic N) is 2. The topological polar surface area (TPSA) is 62.3 Å². The molecule has 0 saturated heterocycles. The van der Waals surface area contributed by atoms with Gasteiger partial charge in [-0.3, -0.25) is 9.59 Å². The minimum absolute atomic E-state index is 0.0348. The standard InChI is InChI=1S/C24H23N3O2/c1-16-7-10-18(11-8-16)21(13-23(28)26-22-12-9-17(2)14-25-22)27-15-19-5-3-4-6-20(19)24(27)29/h3-12,14,21H,13,15H2,1-2H3,(H,25,26,28)/t21-/m0/s1. The van der Waals surface area contributed by atoms with Gasteiger partial charge in [0, 0.05) is 18.3 Å². The maximum absolute atomic E-state index is 13.0. The highest BCUT2D eigenvalue weighted by Crippen LogP contribution is 2.33. The Morgan fingerprint density at radius 1 is 1.03 bits per heavy atom. The first-order valence-corrected chi connectivity index (χ1v) is 9.69. The summed E-state index contributed by atoms with van der Waals surface area (Å²) in [6.45, 7) is 4.47. The fraction of sp³-hybridized carbons (Fsp3) is 0.208. The van der Waals surface area contributed by atoms with Gasteiger partial charge >= 0.3 is 0 Å². The molecule has 0 saturated carbocycles. The average Bonchev–Trinajstić information content (AvgIpc) is 3.05. The highest BCUT2D eigenvalue weighted by molar-refractivity contribution is 5.99. The number of hydrogen-bond acceptors (Lipinski definition) is 3. The molecule has 29 heavy (non-hydrogen) atoms. The van der Waals surface area contributed by atoms with Gasteiger partial charge in [0.05, 0.1) is 12.5 Å². The third-order valence-corrected chi connectivity index (χ3v) is 5.25. The largest absolute Gasteiger partial charge is 0.327 e. The molecular weight excluding hydrogens is 362 g/mol. The van der Waals surface area contributed by atoms with E-state index < -0.39 is 0 Å². The third kappa shape index (κ3) is 4.04. The fourth-order valence-electron chi connectivity index (χ4n) is 3.64. The number of fused-ring (bicyclic) bond motifs is 1. The van der Waals surface area contributed by atoms with E-state index in [1.54, 1.807) is 17.2 Å². The number of hydrogen-bond donors (Lipinski definition) is 1. The summed E-state index contributed by atoms with van der Waals surface area (Å²) in [5, 5.41) is 2.85. The lowest BCUT2D eigenvalue weighted by molar-refractivity contribution is -0.117. The molecule has 1 N–H and O–H groups in total. The van der Waals surface area contributed by atoms with Crippen molar-refractivity contribution in [1.82, 2.24) is 9.88 Å². The average molecular weight is 385 g/mol. The molecule has 0 unspecified atom stereocenters. The van der Waals surface area contributed by atoms with Crippen molar-refractivity contribution in [3.05, 3.63) is 94.7 Å². The number of carbonyl (C=O) groups excluding carboxylic acids is 2. The summed E-state index contributed by atoms with van der Waals surface area (Å²) < 4.78 is 0. The molecule has 2 aromatic carbocycles. The molecule has 1 aliphatic heterocycles. The van der Waals surface area contributed by atoms with E-state index in [1.807, 2.05) is 68.4 Å². The molecule has 5 heteroatoms. The number of pyridine rings is 1. The Hall–Kier alpha value is -3.47. The number of aromatic nitrogens is 1. The second kappa shape index (κ2) is 7.87. The van der Waals surface area contributed by atoms with Crippen molar-refractivity contribution in [3.8, 4) is 0 Å². The monoisotopic (exact) mass is 385 g/mol. The highest BCUT2D eigenvalue weighted by atomic mass is 16.2. The minimum atomic E-state index is -0.346. The molecule has 0 radical (unpaired) electrons. The van der Waals surface area contributed by atoms with E-state index in [0.29, 0.717) is 17.9 Å². The first kappa shape index (κ1) is 18.9. The van der Waals surface area contributed by atoms with Crippen molar-refractivity contribution in [3.63, 3.8) is 0 Å². The molecule has 1 atom stereocenters. The molecule has 1 aromatic heterocycles. The molecule has 2 amide bonds. The number of anilines is 1. The van der Waals surface area contributed by atoms with E-state index in [4.69, 9.17) is 0 Å². The molecule has 0 bridgehead atoms. The van der Waals surface area contributed by atoms with Crippen LogP contribution in [-0.2, 0) is 11.3 Å². The van der Waals surface area contributed by atoms with E-state index in [9.17, 15) is 9.59 Å². The van der Waals surface area contributed by atoms with Crippen molar-refractivity contribution >= 4 is 17.6 Å². The molecular formula is C24H23N3O2. The fourth-order valence-corrected chi connectivity index (χ4v) is 3.64. The Kier molecular flexibility index (Phi) is 5.12. The second-order valence-corrected chi connectivity index (χ2v) is 7.49. The van der Waals surface area contributed by atoms with Gasteiger partial charge in [-0.1, -0.05) is 54.1 Å². The van der Waals surface area contributed by atoms with Gasteiger partial charge in [-0.15, -0.1) is 0 Å². The summed E-state index contributed by atoms with van der Waals surface area (Å²) in [6, 6.07) is 19.0. The van der Waals surface area contributed by atoms with Crippen LogP contribution in [0.2, 0.25) is 0 Å². The number of nitrogens with one attached hydrogen (secondary N) is 1. The van der Waals surface area contributed by atoms with Crippen LogP contribution in [0.5, 0.6) is 0 Å². The van der Waals surface area contributed by atoms with Gasteiger partial charge in [-0.25, -0.2) is 4.98 Å². The molecule has 4 rings (SSSR count). The van der Waals surface area contributed by atoms with Crippen molar-refractivity contribution < 1.29 is 9.59 Å². The smallest absolute Gasteiger partial charge is 0.255 e. The molecule has 0 spiro atoms. The van der Waals surface area contributed by atoms with Crippen LogP contribution in [0.4, 0.5) is 5.82 Å². The van der Waals surface area contributed by atoms with Crippen LogP contribution in [0.3, 0.4) is 0 Å². The number of aryl methyl sites for hydroxylation is 2. The van der Waals surface area contributed by atoms with E-state index in [1.165, 1.54) is 0 Å². The van der Waals surface area contributed by atoms with Gasteiger partial charge < -0.3 is 10.2 Å². The summed E-state index contributed by atoms with van der Waals surface area (Å²) in [4.78, 5) is 31.9. The Morgan fingerprint density at radius 2 is 1.76 bits per heavy atom. The molecule has 1 aliphatic rings. The number of benzene rings is 2. The lowest BCUT2D eigenvalue weighted by Gasteiger charge is -2.28. The first-order valence-electron chi connectivity index (χ1n) is 9.69. The Balaban J connectivity index is 1.59. The van der Waals surface area contributed by atoms with Crippen molar-refractivity contribution in [2.45, 2.75) is 32.9 Å². The predicted octanol–water partition coefficient (Wildman–Crippen LogP) is 4.42. The quantitative estimate of drug-likeness (QED) is 0.707. The molecule has 146 valence electrons.